The molecule has 0 bridgehead atoms. The molecule has 18 heavy (non-hydrogen) atoms. The Kier molecular flexibility index (Phi) is 5.12. The highest BCUT2D eigenvalue weighted by Gasteiger charge is 2.19. The van der Waals surface area contributed by atoms with Crippen LogP contribution in [-0.4, -0.2) is 50.3 Å². The van der Waals surface area contributed by atoms with Crippen molar-refractivity contribution in [1.82, 2.24) is 19.4 Å². The molecule has 1 aromatic rings. The van der Waals surface area contributed by atoms with Crippen molar-refractivity contribution in [2.24, 2.45) is 7.05 Å². The molecule has 0 saturated carbocycles. The fraction of sp³-hybridized carbons (Fsp3) is 0.700. The molecule has 0 spiro atoms. The lowest BCUT2D eigenvalue weighted by Crippen LogP contribution is -2.26. The third-order valence-electron chi connectivity index (χ3n) is 2.44. The molecule has 0 aromatic carbocycles. The minimum atomic E-state index is -3.54. The van der Waals surface area contributed by atoms with Gasteiger partial charge in [-0.2, -0.15) is 5.10 Å². The van der Waals surface area contributed by atoms with E-state index in [-0.39, 0.29) is 10.7 Å². The number of nitrogens with one attached hydrogen (secondary N) is 1. The van der Waals surface area contributed by atoms with E-state index in [1.807, 2.05) is 14.1 Å². The van der Waals surface area contributed by atoms with Gasteiger partial charge in [-0.05, 0) is 33.5 Å². The van der Waals surface area contributed by atoms with E-state index in [1.165, 1.54) is 10.9 Å². The summed E-state index contributed by atoms with van der Waals surface area (Å²) < 4.78 is 27.7. The van der Waals surface area contributed by atoms with Crippen LogP contribution in [0.4, 0.5) is 5.82 Å². The van der Waals surface area contributed by atoms with Crippen molar-refractivity contribution >= 4 is 15.8 Å². The number of nitrogen functional groups attached to an aromatic ring is 1. The number of aryl methyl sites for hydroxylation is 1. The van der Waals surface area contributed by atoms with Gasteiger partial charge in [0.25, 0.3) is 0 Å². The van der Waals surface area contributed by atoms with Crippen LogP contribution >= 0.6 is 0 Å². The monoisotopic (exact) mass is 275 g/mol. The Labute approximate surface area is 108 Å². The lowest BCUT2D eigenvalue weighted by atomic mass is 10.3. The standard InChI is InChI=1S/C10H21N5O2S/c1-14(2)7-5-4-6-12-18(16,17)9-8-15(3)13-10(9)11/h8,12H,4-7H2,1-3H3,(H2,11,13). The molecule has 0 saturated heterocycles. The van der Waals surface area contributed by atoms with Gasteiger partial charge in [0, 0.05) is 19.8 Å². The summed E-state index contributed by atoms with van der Waals surface area (Å²) in [6.07, 6.45) is 3.13. The second-order valence-corrected chi connectivity index (χ2v) is 6.20. The maximum absolute atomic E-state index is 11.9. The smallest absolute Gasteiger partial charge is 0.245 e. The highest BCUT2D eigenvalue weighted by molar-refractivity contribution is 7.89. The van der Waals surface area contributed by atoms with Crippen LogP contribution in [0.25, 0.3) is 0 Å². The zero-order chi connectivity index (χ0) is 13.8. The summed E-state index contributed by atoms with van der Waals surface area (Å²) >= 11 is 0. The van der Waals surface area contributed by atoms with E-state index in [0.717, 1.165) is 19.4 Å². The molecule has 1 rings (SSSR count). The average Bonchev–Trinajstić information content (AvgIpc) is 2.57. The highest BCUT2D eigenvalue weighted by Crippen LogP contribution is 2.14. The van der Waals surface area contributed by atoms with Crippen LogP contribution in [0.5, 0.6) is 0 Å². The molecule has 0 fully saturated rings. The Morgan fingerprint density at radius 2 is 2.11 bits per heavy atom. The lowest BCUT2D eigenvalue weighted by Gasteiger charge is -2.09. The maximum Gasteiger partial charge on any atom is 0.245 e. The van der Waals surface area contributed by atoms with Crippen molar-refractivity contribution < 1.29 is 8.42 Å². The van der Waals surface area contributed by atoms with Crippen LogP contribution in [0.15, 0.2) is 11.1 Å². The predicted octanol–water partition coefficient (Wildman–Crippen LogP) is -0.378. The first-order valence-electron chi connectivity index (χ1n) is 5.76. The molecule has 0 unspecified atom stereocenters. The van der Waals surface area contributed by atoms with E-state index in [9.17, 15) is 8.42 Å². The van der Waals surface area contributed by atoms with Gasteiger partial charge in [0.1, 0.15) is 4.90 Å². The van der Waals surface area contributed by atoms with E-state index in [0.29, 0.717) is 6.54 Å². The number of hydrogen-bond acceptors (Lipinski definition) is 5. The molecular formula is C10H21N5O2S. The Bertz CT molecular complexity index is 480. The largest absolute Gasteiger partial charge is 0.381 e. The van der Waals surface area contributed by atoms with Crippen LogP contribution in [0.3, 0.4) is 0 Å². The summed E-state index contributed by atoms with van der Waals surface area (Å²) in [6, 6.07) is 0. The number of unbranched alkanes of at least 4 members (excludes halogenated alkanes) is 1. The van der Waals surface area contributed by atoms with Crippen molar-refractivity contribution in [2.45, 2.75) is 17.7 Å². The van der Waals surface area contributed by atoms with Gasteiger partial charge >= 0.3 is 0 Å². The molecule has 1 heterocycles. The van der Waals surface area contributed by atoms with E-state index >= 15 is 0 Å². The molecule has 0 aliphatic heterocycles. The number of nitrogens with two attached hydrogens (primary N) is 1. The molecule has 8 heteroatoms. The predicted molar refractivity (Wildman–Crippen MR) is 70.6 cm³/mol. The molecular weight excluding hydrogens is 254 g/mol. The zero-order valence-electron chi connectivity index (χ0n) is 11.0. The van der Waals surface area contributed by atoms with Gasteiger partial charge in [-0.3, -0.25) is 4.68 Å². The fourth-order valence-corrected chi connectivity index (χ4v) is 2.70. The third-order valence-corrected chi connectivity index (χ3v) is 3.91. The van der Waals surface area contributed by atoms with Crippen molar-refractivity contribution in [3.63, 3.8) is 0 Å². The number of aromatic nitrogens is 2. The van der Waals surface area contributed by atoms with E-state index < -0.39 is 10.0 Å². The van der Waals surface area contributed by atoms with Crippen molar-refractivity contribution in [2.75, 3.05) is 32.9 Å². The van der Waals surface area contributed by atoms with Crippen molar-refractivity contribution in [3.8, 4) is 0 Å². The van der Waals surface area contributed by atoms with Gasteiger partial charge in [-0.1, -0.05) is 0 Å². The molecule has 1 aromatic heterocycles. The Hall–Kier alpha value is -1.12. The van der Waals surface area contributed by atoms with Crippen LogP contribution in [0.1, 0.15) is 12.8 Å². The fourth-order valence-electron chi connectivity index (χ4n) is 1.53. The maximum atomic E-state index is 11.9. The van der Waals surface area contributed by atoms with Gasteiger partial charge in [0.2, 0.25) is 10.0 Å². The first-order valence-corrected chi connectivity index (χ1v) is 7.25. The molecule has 0 aliphatic carbocycles. The zero-order valence-corrected chi connectivity index (χ0v) is 11.9. The number of hydrogen-bond donors (Lipinski definition) is 2. The Morgan fingerprint density at radius 1 is 1.44 bits per heavy atom. The molecule has 0 amide bonds. The van der Waals surface area contributed by atoms with Crippen molar-refractivity contribution in [3.05, 3.63) is 6.20 Å². The summed E-state index contributed by atoms with van der Waals surface area (Å²) in [5.41, 5.74) is 5.54. The highest BCUT2D eigenvalue weighted by atomic mass is 32.2. The molecule has 3 N–H and O–H groups in total. The SMILES string of the molecule is CN(C)CCCCNS(=O)(=O)c1cn(C)nc1N. The minimum absolute atomic E-state index is 0.0262. The van der Waals surface area contributed by atoms with Gasteiger partial charge in [-0.15, -0.1) is 0 Å². The van der Waals surface area contributed by atoms with E-state index in [2.05, 4.69) is 14.7 Å². The van der Waals surface area contributed by atoms with E-state index in [4.69, 9.17) is 5.73 Å². The minimum Gasteiger partial charge on any atom is -0.381 e. The van der Waals surface area contributed by atoms with Crippen LogP contribution in [0.2, 0.25) is 0 Å². The summed E-state index contributed by atoms with van der Waals surface area (Å²) in [7, 11) is 2.06. The average molecular weight is 275 g/mol. The molecule has 0 radical (unpaired) electrons. The lowest BCUT2D eigenvalue weighted by molar-refractivity contribution is 0.394. The van der Waals surface area contributed by atoms with Gasteiger partial charge in [0.05, 0.1) is 0 Å². The van der Waals surface area contributed by atoms with Crippen LogP contribution in [-0.2, 0) is 17.1 Å². The van der Waals surface area contributed by atoms with Gasteiger partial charge in [-0.25, -0.2) is 13.1 Å². The molecule has 104 valence electrons. The Morgan fingerprint density at radius 3 is 2.61 bits per heavy atom. The summed E-state index contributed by atoms with van der Waals surface area (Å²) in [6.45, 7) is 1.35. The molecule has 0 atom stereocenters. The quantitative estimate of drug-likeness (QED) is 0.662. The van der Waals surface area contributed by atoms with Crippen LogP contribution in [0, 0.1) is 0 Å². The summed E-state index contributed by atoms with van der Waals surface area (Å²) in [5, 5.41) is 3.81. The summed E-state index contributed by atoms with van der Waals surface area (Å²) in [4.78, 5) is 2.10. The Balaban J connectivity index is 2.48. The van der Waals surface area contributed by atoms with E-state index in [1.54, 1.807) is 7.05 Å². The van der Waals surface area contributed by atoms with Crippen molar-refractivity contribution in [1.29, 1.82) is 0 Å². The topological polar surface area (TPSA) is 93.2 Å². The van der Waals surface area contributed by atoms with Crippen LogP contribution < -0.4 is 10.5 Å². The normalized spacial score (nSPS) is 12.2. The number of sulfonamides is 1. The number of nitrogens with zero attached hydrogens (tertiary/aromatic N) is 3. The second kappa shape index (κ2) is 6.17. The first-order chi connectivity index (χ1) is 8.33. The second-order valence-electron chi connectivity index (χ2n) is 4.46. The first kappa shape index (κ1) is 14.9. The number of anilines is 1. The van der Waals surface area contributed by atoms with Gasteiger partial charge < -0.3 is 10.6 Å². The van der Waals surface area contributed by atoms with Gasteiger partial charge in [0.15, 0.2) is 5.82 Å². The molecule has 0 aliphatic rings. The third kappa shape index (κ3) is 4.28. The number of rotatable bonds is 7. The summed E-state index contributed by atoms with van der Waals surface area (Å²) in [5.74, 6) is 0.0262. The molecule has 7 nitrogen and oxygen atoms in total.